The number of benzene rings is 2. The minimum Gasteiger partial charge on any atom is -0.393 e. The lowest BCUT2D eigenvalue weighted by molar-refractivity contribution is 0.166. The summed E-state index contributed by atoms with van der Waals surface area (Å²) in [5, 5.41) is -0.724. The Balaban J connectivity index is 2.09. The quantitative estimate of drug-likeness (QED) is 0.718. The van der Waals surface area contributed by atoms with Crippen LogP contribution in [0.2, 0.25) is 0 Å². The molecule has 2 aromatic carbocycles. The third kappa shape index (κ3) is 3.30. The van der Waals surface area contributed by atoms with Crippen LogP contribution in [0, 0.1) is 12.3 Å². The molecule has 0 amide bonds. The molecule has 6 heteroatoms. The van der Waals surface area contributed by atoms with Crippen LogP contribution < -0.4 is 5.73 Å². The average molecular weight is 404 g/mol. The number of thiocarbonyl (C=S) groups is 1. The van der Waals surface area contributed by atoms with Gasteiger partial charge in [-0.25, -0.2) is 8.42 Å². The number of hydrogen-bond donors (Lipinski definition) is 1. The Morgan fingerprint density at radius 2 is 1.74 bits per heavy atom. The molecule has 0 bridgehead atoms. The molecule has 1 aliphatic carbocycles. The summed E-state index contributed by atoms with van der Waals surface area (Å²) < 4.78 is 32.2. The Kier molecular flexibility index (Phi) is 5.43. The van der Waals surface area contributed by atoms with Crippen molar-refractivity contribution in [1.29, 1.82) is 0 Å². The van der Waals surface area contributed by atoms with Crippen LogP contribution in [0.4, 0.5) is 0 Å². The molecule has 0 radical (unpaired) electrons. The van der Waals surface area contributed by atoms with Crippen molar-refractivity contribution in [2.45, 2.75) is 36.3 Å². The fourth-order valence-electron chi connectivity index (χ4n) is 3.94. The topological polar surface area (TPSA) is 69.4 Å². The molecule has 0 spiro atoms. The van der Waals surface area contributed by atoms with Crippen molar-refractivity contribution in [2.75, 3.05) is 13.7 Å². The van der Waals surface area contributed by atoms with E-state index in [4.69, 9.17) is 22.7 Å². The van der Waals surface area contributed by atoms with E-state index in [0.29, 0.717) is 4.90 Å². The first-order valence-corrected chi connectivity index (χ1v) is 10.9. The van der Waals surface area contributed by atoms with Crippen molar-refractivity contribution in [3.8, 4) is 0 Å². The molecule has 3 rings (SSSR count). The number of ether oxygens (including phenoxy) is 1. The average Bonchev–Trinajstić information content (AvgIpc) is 3.33. The molecule has 27 heavy (non-hydrogen) atoms. The van der Waals surface area contributed by atoms with E-state index in [0.717, 1.165) is 17.5 Å². The first-order chi connectivity index (χ1) is 12.8. The molecular formula is C21H25NO3S2. The molecule has 3 atom stereocenters. The zero-order valence-electron chi connectivity index (χ0n) is 15.8. The van der Waals surface area contributed by atoms with Gasteiger partial charge in [0.15, 0.2) is 9.84 Å². The lowest BCUT2D eigenvalue weighted by Gasteiger charge is -2.16. The van der Waals surface area contributed by atoms with Gasteiger partial charge < -0.3 is 10.5 Å². The van der Waals surface area contributed by atoms with Crippen molar-refractivity contribution < 1.29 is 13.2 Å². The van der Waals surface area contributed by atoms with Gasteiger partial charge >= 0.3 is 0 Å². The van der Waals surface area contributed by atoms with E-state index in [1.54, 1.807) is 31.4 Å². The molecule has 1 fully saturated rings. The molecule has 0 aliphatic heterocycles. The van der Waals surface area contributed by atoms with Crippen molar-refractivity contribution in [1.82, 2.24) is 0 Å². The molecule has 2 aromatic rings. The van der Waals surface area contributed by atoms with Crippen molar-refractivity contribution >= 4 is 27.0 Å². The highest BCUT2D eigenvalue weighted by Crippen LogP contribution is 2.64. The van der Waals surface area contributed by atoms with Gasteiger partial charge in [0, 0.05) is 13.0 Å². The molecule has 4 nitrogen and oxygen atoms in total. The predicted molar refractivity (Wildman–Crippen MR) is 112 cm³/mol. The Morgan fingerprint density at radius 3 is 2.22 bits per heavy atom. The van der Waals surface area contributed by atoms with Crippen molar-refractivity contribution in [3.63, 3.8) is 0 Å². The largest absolute Gasteiger partial charge is 0.393 e. The number of aryl methyl sites for hydroxylation is 2. The summed E-state index contributed by atoms with van der Waals surface area (Å²) in [4.78, 5) is 0.483. The summed E-state index contributed by atoms with van der Waals surface area (Å²) in [6.45, 7) is 4.19. The monoisotopic (exact) mass is 403 g/mol. The van der Waals surface area contributed by atoms with Crippen LogP contribution in [0.3, 0.4) is 0 Å². The fourth-order valence-corrected chi connectivity index (χ4v) is 6.71. The van der Waals surface area contributed by atoms with Crippen LogP contribution in [0.15, 0.2) is 53.4 Å². The Bertz CT molecular complexity index is 936. The van der Waals surface area contributed by atoms with Crippen LogP contribution in [0.5, 0.6) is 0 Å². The highest BCUT2D eigenvalue weighted by Gasteiger charge is 2.73. The zero-order valence-corrected chi connectivity index (χ0v) is 17.4. The van der Waals surface area contributed by atoms with E-state index >= 15 is 0 Å². The molecular weight excluding hydrogens is 378 g/mol. The summed E-state index contributed by atoms with van der Waals surface area (Å²) in [6.07, 6.45) is 0.925. The first kappa shape index (κ1) is 20.0. The molecule has 2 N–H and O–H groups in total. The van der Waals surface area contributed by atoms with E-state index in [-0.39, 0.29) is 17.5 Å². The Hall–Kier alpha value is -1.76. The van der Waals surface area contributed by atoms with E-state index in [1.165, 1.54) is 5.56 Å². The van der Waals surface area contributed by atoms with Crippen molar-refractivity contribution in [2.24, 2.45) is 11.1 Å². The number of nitrogens with two attached hydrogens (primary N) is 1. The zero-order chi connectivity index (χ0) is 19.8. The van der Waals surface area contributed by atoms with Crippen molar-refractivity contribution in [3.05, 3.63) is 65.2 Å². The maximum Gasteiger partial charge on any atom is 0.182 e. The highest BCUT2D eigenvalue weighted by atomic mass is 32.2. The minimum absolute atomic E-state index is 0.179. The smallest absolute Gasteiger partial charge is 0.182 e. The van der Waals surface area contributed by atoms with E-state index < -0.39 is 20.5 Å². The van der Waals surface area contributed by atoms with Gasteiger partial charge in [0.1, 0.15) is 0 Å². The van der Waals surface area contributed by atoms with Crippen LogP contribution >= 0.6 is 12.2 Å². The minimum atomic E-state index is -3.62. The summed E-state index contributed by atoms with van der Waals surface area (Å²) in [5.41, 5.74) is 8.33. The molecule has 0 aromatic heterocycles. The summed E-state index contributed by atoms with van der Waals surface area (Å²) in [6, 6.07) is 14.9. The third-order valence-electron chi connectivity index (χ3n) is 5.53. The number of methoxy groups -OCH3 is 1. The van der Waals surface area contributed by atoms with Gasteiger partial charge in [0.25, 0.3) is 0 Å². The normalized spacial score (nSPS) is 24.6. The van der Waals surface area contributed by atoms with Crippen LogP contribution in [-0.2, 0) is 21.0 Å². The predicted octanol–water partition coefficient (Wildman–Crippen LogP) is 3.42. The second-order valence-corrected chi connectivity index (χ2v) is 9.70. The Labute approximate surface area is 166 Å². The van der Waals surface area contributed by atoms with Gasteiger partial charge in [-0.05, 0) is 36.6 Å². The van der Waals surface area contributed by atoms with Gasteiger partial charge in [-0.15, -0.1) is 0 Å². The van der Waals surface area contributed by atoms with Gasteiger partial charge in [-0.3, -0.25) is 0 Å². The van der Waals surface area contributed by atoms with Gasteiger partial charge in [-0.1, -0.05) is 61.1 Å². The summed E-state index contributed by atoms with van der Waals surface area (Å²) in [5.74, 6) is -0.313. The molecule has 0 unspecified atom stereocenters. The summed E-state index contributed by atoms with van der Waals surface area (Å²) >= 11 is 5.34. The first-order valence-electron chi connectivity index (χ1n) is 8.97. The molecule has 1 aliphatic rings. The lowest BCUT2D eigenvalue weighted by Crippen LogP contribution is -2.33. The molecule has 0 heterocycles. The standard InChI is InChI=1S/C21H25NO3S2/c1-4-15-7-9-16(10-8-15)18-19(21(18,13-25-3)20(22)26)27(23,24)17-11-5-14(2)6-12-17/h5-12,18-19H,4,13H2,1-3H3,(H2,22,26)/t18-,19-,21-/m1/s1. The van der Waals surface area contributed by atoms with Gasteiger partial charge in [0.05, 0.1) is 27.2 Å². The molecule has 144 valence electrons. The second-order valence-electron chi connectivity index (χ2n) is 7.19. The van der Waals surface area contributed by atoms with Crippen LogP contribution in [0.1, 0.15) is 29.5 Å². The lowest BCUT2D eigenvalue weighted by atomic mass is 9.98. The van der Waals surface area contributed by atoms with Crippen LogP contribution in [0.25, 0.3) is 0 Å². The van der Waals surface area contributed by atoms with Crippen LogP contribution in [-0.4, -0.2) is 32.4 Å². The number of rotatable bonds is 7. The Morgan fingerprint density at radius 1 is 1.15 bits per heavy atom. The number of sulfone groups is 1. The van der Waals surface area contributed by atoms with E-state index in [9.17, 15) is 8.42 Å². The summed E-state index contributed by atoms with van der Waals surface area (Å²) in [7, 11) is -2.07. The highest BCUT2D eigenvalue weighted by molar-refractivity contribution is 7.92. The van der Waals surface area contributed by atoms with Gasteiger partial charge in [0.2, 0.25) is 0 Å². The maximum atomic E-state index is 13.4. The fraction of sp³-hybridized carbons (Fsp3) is 0.381. The van der Waals surface area contributed by atoms with E-state index in [2.05, 4.69) is 6.92 Å². The van der Waals surface area contributed by atoms with E-state index in [1.807, 2.05) is 31.2 Å². The van der Waals surface area contributed by atoms with Gasteiger partial charge in [-0.2, -0.15) is 0 Å². The SMILES string of the molecule is CCc1ccc([C@@H]2[C@@H](S(=O)(=O)c3ccc(C)cc3)[C@]2(COC)C(N)=S)cc1. The maximum absolute atomic E-state index is 13.4. The molecule has 1 saturated carbocycles. The number of hydrogen-bond acceptors (Lipinski definition) is 4. The second kappa shape index (κ2) is 7.34. The molecule has 0 saturated heterocycles. The third-order valence-corrected chi connectivity index (χ3v) is 8.20.